The summed E-state index contributed by atoms with van der Waals surface area (Å²) in [6, 6.07) is 1.92. The molecule has 1 radical (unpaired) electrons. The molecule has 0 aliphatic heterocycles. The van der Waals surface area contributed by atoms with Crippen LogP contribution >= 0.6 is 0 Å². The van der Waals surface area contributed by atoms with Crippen molar-refractivity contribution in [1.29, 1.82) is 0 Å². The second-order valence-electron chi connectivity index (χ2n) is 2.08. The SMILES string of the molecule is Cc1cc(C[NH])nn1C. The van der Waals surface area contributed by atoms with E-state index in [-0.39, 0.29) is 6.54 Å². The van der Waals surface area contributed by atoms with Crippen LogP contribution in [0.5, 0.6) is 0 Å². The zero-order valence-corrected chi connectivity index (χ0v) is 5.68. The van der Waals surface area contributed by atoms with Crippen LogP contribution in [-0.2, 0) is 13.6 Å². The van der Waals surface area contributed by atoms with Crippen molar-refractivity contribution in [2.75, 3.05) is 0 Å². The first-order chi connectivity index (χ1) is 4.24. The average molecular weight is 124 g/mol. The molecule has 0 unspecified atom stereocenters. The van der Waals surface area contributed by atoms with Crippen LogP contribution in [-0.4, -0.2) is 9.78 Å². The maximum Gasteiger partial charge on any atom is 0.0779 e. The number of nitrogens with one attached hydrogen (secondary N) is 1. The molecule has 0 saturated carbocycles. The zero-order valence-electron chi connectivity index (χ0n) is 5.68. The summed E-state index contributed by atoms with van der Waals surface area (Å²) in [6.45, 7) is 2.26. The van der Waals surface area contributed by atoms with Gasteiger partial charge in [-0.05, 0) is 13.0 Å². The Morgan fingerprint density at radius 3 is 2.67 bits per heavy atom. The van der Waals surface area contributed by atoms with E-state index in [0.717, 1.165) is 11.4 Å². The van der Waals surface area contributed by atoms with Crippen molar-refractivity contribution in [3.05, 3.63) is 17.5 Å². The molecule has 0 amide bonds. The Hall–Kier alpha value is -0.830. The van der Waals surface area contributed by atoms with Gasteiger partial charge in [0.25, 0.3) is 0 Å². The van der Waals surface area contributed by atoms with Crippen LogP contribution in [0, 0.1) is 6.92 Å². The highest BCUT2D eigenvalue weighted by Crippen LogP contribution is 1.98. The van der Waals surface area contributed by atoms with E-state index >= 15 is 0 Å². The fourth-order valence-corrected chi connectivity index (χ4v) is 0.721. The summed E-state index contributed by atoms with van der Waals surface area (Å²) in [7, 11) is 1.88. The van der Waals surface area contributed by atoms with Crippen molar-refractivity contribution < 1.29 is 0 Å². The highest BCUT2D eigenvalue weighted by molar-refractivity contribution is 5.07. The van der Waals surface area contributed by atoms with Crippen molar-refractivity contribution in [3.63, 3.8) is 0 Å². The molecule has 1 rings (SSSR count). The third-order valence-electron chi connectivity index (χ3n) is 1.35. The highest BCUT2D eigenvalue weighted by atomic mass is 15.3. The predicted octanol–water partition coefficient (Wildman–Crippen LogP) is 0.511. The van der Waals surface area contributed by atoms with Crippen LogP contribution in [0.4, 0.5) is 0 Å². The zero-order chi connectivity index (χ0) is 6.85. The molecular formula is C6H10N3. The first-order valence-corrected chi connectivity index (χ1v) is 2.88. The first kappa shape index (κ1) is 6.29. The Bertz CT molecular complexity index is 183. The molecule has 1 aromatic heterocycles. The van der Waals surface area contributed by atoms with Crippen molar-refractivity contribution in [1.82, 2.24) is 15.5 Å². The second-order valence-corrected chi connectivity index (χ2v) is 2.08. The standard InChI is InChI=1S/C6H10N3/c1-5-3-6(4-7)8-9(5)2/h3,7H,4H2,1-2H3. The van der Waals surface area contributed by atoms with Crippen LogP contribution in [0.1, 0.15) is 11.4 Å². The molecule has 3 heteroatoms. The van der Waals surface area contributed by atoms with E-state index in [2.05, 4.69) is 5.10 Å². The molecular weight excluding hydrogens is 114 g/mol. The van der Waals surface area contributed by atoms with Crippen LogP contribution in [0.2, 0.25) is 0 Å². The third kappa shape index (κ3) is 1.10. The smallest absolute Gasteiger partial charge is 0.0779 e. The van der Waals surface area contributed by atoms with Gasteiger partial charge in [0.15, 0.2) is 0 Å². The topological polar surface area (TPSA) is 41.6 Å². The lowest BCUT2D eigenvalue weighted by atomic mass is 10.4. The van der Waals surface area contributed by atoms with Gasteiger partial charge < -0.3 is 0 Å². The molecule has 0 atom stereocenters. The fourth-order valence-electron chi connectivity index (χ4n) is 0.721. The summed E-state index contributed by atoms with van der Waals surface area (Å²) in [5.41, 5.74) is 8.93. The Kier molecular flexibility index (Phi) is 1.53. The Morgan fingerprint density at radius 2 is 2.44 bits per heavy atom. The van der Waals surface area contributed by atoms with Crippen molar-refractivity contribution in [3.8, 4) is 0 Å². The molecule has 0 saturated heterocycles. The van der Waals surface area contributed by atoms with Crippen molar-refractivity contribution in [2.24, 2.45) is 7.05 Å². The molecule has 0 bridgehead atoms. The highest BCUT2D eigenvalue weighted by Gasteiger charge is 1.96. The van der Waals surface area contributed by atoms with Gasteiger partial charge in [0.05, 0.1) is 12.2 Å². The molecule has 1 aromatic rings. The monoisotopic (exact) mass is 124 g/mol. The van der Waals surface area contributed by atoms with Gasteiger partial charge in [0.2, 0.25) is 0 Å². The van der Waals surface area contributed by atoms with E-state index in [9.17, 15) is 0 Å². The van der Waals surface area contributed by atoms with Gasteiger partial charge in [0, 0.05) is 12.7 Å². The number of aryl methyl sites for hydroxylation is 2. The van der Waals surface area contributed by atoms with Crippen LogP contribution < -0.4 is 5.73 Å². The maximum absolute atomic E-state index is 6.98. The summed E-state index contributed by atoms with van der Waals surface area (Å²) < 4.78 is 1.78. The van der Waals surface area contributed by atoms with Crippen molar-refractivity contribution >= 4 is 0 Å². The van der Waals surface area contributed by atoms with Gasteiger partial charge >= 0.3 is 0 Å². The molecule has 1 heterocycles. The van der Waals surface area contributed by atoms with Gasteiger partial charge in [-0.3, -0.25) is 10.4 Å². The molecule has 1 N–H and O–H groups in total. The van der Waals surface area contributed by atoms with Crippen molar-refractivity contribution in [2.45, 2.75) is 13.5 Å². The molecule has 0 fully saturated rings. The van der Waals surface area contributed by atoms with E-state index in [1.807, 2.05) is 20.0 Å². The summed E-state index contributed by atoms with van der Waals surface area (Å²) in [6.07, 6.45) is 0. The second kappa shape index (κ2) is 2.19. The Labute approximate surface area is 54.5 Å². The quantitative estimate of drug-likeness (QED) is 0.537. The lowest BCUT2D eigenvalue weighted by Crippen LogP contribution is -1.93. The molecule has 49 valence electrons. The number of rotatable bonds is 1. The summed E-state index contributed by atoms with van der Waals surface area (Å²) >= 11 is 0. The minimum absolute atomic E-state index is 0.279. The molecule has 0 aliphatic rings. The summed E-state index contributed by atoms with van der Waals surface area (Å²) in [5.74, 6) is 0. The number of hydrogen-bond donors (Lipinski definition) is 0. The molecule has 3 nitrogen and oxygen atoms in total. The third-order valence-corrected chi connectivity index (χ3v) is 1.35. The van der Waals surface area contributed by atoms with E-state index in [1.165, 1.54) is 0 Å². The van der Waals surface area contributed by atoms with E-state index in [4.69, 9.17) is 5.73 Å². The van der Waals surface area contributed by atoms with Gasteiger partial charge in [-0.25, -0.2) is 0 Å². The minimum Gasteiger partial charge on any atom is -0.273 e. The van der Waals surface area contributed by atoms with E-state index < -0.39 is 0 Å². The normalized spacial score (nSPS) is 10.1. The van der Waals surface area contributed by atoms with Gasteiger partial charge in [-0.15, -0.1) is 0 Å². The first-order valence-electron chi connectivity index (χ1n) is 2.88. The van der Waals surface area contributed by atoms with E-state index in [1.54, 1.807) is 4.68 Å². The number of aromatic nitrogens is 2. The fraction of sp³-hybridized carbons (Fsp3) is 0.500. The van der Waals surface area contributed by atoms with Gasteiger partial charge in [-0.2, -0.15) is 5.10 Å². The number of nitrogens with zero attached hydrogens (tertiary/aromatic N) is 2. The van der Waals surface area contributed by atoms with Crippen LogP contribution in [0.15, 0.2) is 6.07 Å². The van der Waals surface area contributed by atoms with E-state index in [0.29, 0.717) is 0 Å². The van der Waals surface area contributed by atoms with Gasteiger partial charge in [-0.1, -0.05) is 0 Å². The maximum atomic E-state index is 6.98. The molecule has 0 aromatic carbocycles. The predicted molar refractivity (Wildman–Crippen MR) is 34.7 cm³/mol. The molecule has 0 spiro atoms. The largest absolute Gasteiger partial charge is 0.273 e. The van der Waals surface area contributed by atoms with Gasteiger partial charge in [0.1, 0.15) is 0 Å². The van der Waals surface area contributed by atoms with Crippen LogP contribution in [0.3, 0.4) is 0 Å². The summed E-state index contributed by atoms with van der Waals surface area (Å²) in [4.78, 5) is 0. The average Bonchev–Trinajstić information content (AvgIpc) is 2.13. The Balaban J connectivity index is 2.98. The minimum atomic E-state index is 0.279. The lowest BCUT2D eigenvalue weighted by molar-refractivity contribution is 0.719. The number of hydrogen-bond acceptors (Lipinski definition) is 1. The molecule has 0 aliphatic carbocycles. The molecule has 9 heavy (non-hydrogen) atoms. The van der Waals surface area contributed by atoms with Crippen LogP contribution in [0.25, 0.3) is 0 Å². The summed E-state index contributed by atoms with van der Waals surface area (Å²) in [5, 5.41) is 4.06. The lowest BCUT2D eigenvalue weighted by Gasteiger charge is -1.88. The Morgan fingerprint density at radius 1 is 1.78 bits per heavy atom.